The standard InChI is InChI=1S/C15H23FN2O2S/c1-3-9-17-11-12-10-14(7-8-15(12)16)21(19,20)18(2)13-5-4-6-13/h7-8,10,13,17H,3-6,9,11H2,1-2H3. The van der Waals surface area contributed by atoms with Crippen molar-refractivity contribution < 1.29 is 12.8 Å². The van der Waals surface area contributed by atoms with Crippen LogP contribution in [0.5, 0.6) is 0 Å². The van der Waals surface area contributed by atoms with Crippen LogP contribution in [0.25, 0.3) is 0 Å². The monoisotopic (exact) mass is 314 g/mol. The van der Waals surface area contributed by atoms with E-state index in [-0.39, 0.29) is 16.8 Å². The van der Waals surface area contributed by atoms with Crippen molar-refractivity contribution >= 4 is 10.0 Å². The number of rotatable bonds is 7. The van der Waals surface area contributed by atoms with Crippen LogP contribution in [-0.2, 0) is 16.6 Å². The number of nitrogens with zero attached hydrogens (tertiary/aromatic N) is 1. The molecule has 4 nitrogen and oxygen atoms in total. The first kappa shape index (κ1) is 16.4. The molecule has 0 aliphatic heterocycles. The minimum absolute atomic E-state index is 0.0849. The molecule has 0 radical (unpaired) electrons. The van der Waals surface area contributed by atoms with Crippen molar-refractivity contribution in [1.29, 1.82) is 0 Å². The molecule has 118 valence electrons. The van der Waals surface area contributed by atoms with Gasteiger partial charge in [0, 0.05) is 25.2 Å². The maximum atomic E-state index is 13.8. The third-order valence-corrected chi connectivity index (χ3v) is 5.93. The van der Waals surface area contributed by atoms with Gasteiger partial charge in [0.05, 0.1) is 4.90 Å². The Balaban J connectivity index is 2.20. The van der Waals surface area contributed by atoms with Crippen molar-refractivity contribution in [3.05, 3.63) is 29.6 Å². The van der Waals surface area contributed by atoms with Gasteiger partial charge in [-0.3, -0.25) is 0 Å². The number of halogens is 1. The van der Waals surface area contributed by atoms with E-state index in [4.69, 9.17) is 0 Å². The van der Waals surface area contributed by atoms with Gasteiger partial charge in [0.25, 0.3) is 0 Å². The third kappa shape index (κ3) is 3.62. The van der Waals surface area contributed by atoms with Crippen molar-refractivity contribution in [3.63, 3.8) is 0 Å². The van der Waals surface area contributed by atoms with Gasteiger partial charge in [-0.25, -0.2) is 12.8 Å². The van der Waals surface area contributed by atoms with Crippen molar-refractivity contribution in [2.45, 2.75) is 50.1 Å². The van der Waals surface area contributed by atoms with E-state index < -0.39 is 10.0 Å². The van der Waals surface area contributed by atoms with E-state index >= 15 is 0 Å². The molecular formula is C15H23FN2O2S. The van der Waals surface area contributed by atoms with Gasteiger partial charge < -0.3 is 5.32 Å². The van der Waals surface area contributed by atoms with Gasteiger partial charge in [0.1, 0.15) is 5.82 Å². The largest absolute Gasteiger partial charge is 0.313 e. The number of benzene rings is 1. The molecular weight excluding hydrogens is 291 g/mol. The first-order valence-corrected chi connectivity index (χ1v) is 8.88. The summed E-state index contributed by atoms with van der Waals surface area (Å²) >= 11 is 0. The number of hydrogen-bond donors (Lipinski definition) is 1. The van der Waals surface area contributed by atoms with Crippen molar-refractivity contribution in [3.8, 4) is 0 Å². The van der Waals surface area contributed by atoms with E-state index in [1.807, 2.05) is 6.92 Å². The van der Waals surface area contributed by atoms with Crippen LogP contribution in [0.2, 0.25) is 0 Å². The van der Waals surface area contributed by atoms with E-state index in [2.05, 4.69) is 5.32 Å². The highest BCUT2D eigenvalue weighted by Gasteiger charge is 2.31. The average molecular weight is 314 g/mol. The second kappa shape index (κ2) is 6.85. The van der Waals surface area contributed by atoms with Crippen LogP contribution in [0, 0.1) is 5.82 Å². The first-order chi connectivity index (χ1) is 9.96. The summed E-state index contributed by atoms with van der Waals surface area (Å²) in [5, 5.41) is 3.10. The van der Waals surface area contributed by atoms with Gasteiger partial charge in [-0.2, -0.15) is 4.31 Å². The normalized spacial score (nSPS) is 16.2. The van der Waals surface area contributed by atoms with Gasteiger partial charge in [-0.15, -0.1) is 0 Å². The Labute approximate surface area is 126 Å². The number of sulfonamides is 1. The summed E-state index contributed by atoms with van der Waals surface area (Å²) in [5.74, 6) is -0.371. The topological polar surface area (TPSA) is 49.4 Å². The lowest BCUT2D eigenvalue weighted by molar-refractivity contribution is 0.249. The van der Waals surface area contributed by atoms with Gasteiger partial charge in [0.2, 0.25) is 10.0 Å². The molecule has 0 spiro atoms. The lowest BCUT2D eigenvalue weighted by Gasteiger charge is -2.33. The lowest BCUT2D eigenvalue weighted by atomic mass is 9.94. The molecule has 0 saturated heterocycles. The average Bonchev–Trinajstić information content (AvgIpc) is 2.39. The SMILES string of the molecule is CCCNCc1cc(S(=O)(=O)N(C)C2CCC2)ccc1F. The first-order valence-electron chi connectivity index (χ1n) is 7.44. The molecule has 0 amide bonds. The zero-order valence-corrected chi connectivity index (χ0v) is 13.4. The fourth-order valence-electron chi connectivity index (χ4n) is 2.36. The van der Waals surface area contributed by atoms with Crippen molar-refractivity contribution in [2.75, 3.05) is 13.6 Å². The van der Waals surface area contributed by atoms with Gasteiger partial charge >= 0.3 is 0 Å². The van der Waals surface area contributed by atoms with E-state index in [9.17, 15) is 12.8 Å². The minimum atomic E-state index is -3.53. The summed E-state index contributed by atoms with van der Waals surface area (Å²) in [6.07, 6.45) is 3.83. The number of hydrogen-bond acceptors (Lipinski definition) is 3. The summed E-state index contributed by atoms with van der Waals surface area (Å²) < 4.78 is 40.3. The van der Waals surface area contributed by atoms with E-state index in [0.717, 1.165) is 32.2 Å². The predicted octanol–water partition coefficient (Wildman–Crippen LogP) is 2.50. The van der Waals surface area contributed by atoms with Crippen LogP contribution >= 0.6 is 0 Å². The molecule has 6 heteroatoms. The molecule has 1 N–H and O–H groups in total. The van der Waals surface area contributed by atoms with Crippen LogP contribution in [0.15, 0.2) is 23.1 Å². The highest BCUT2D eigenvalue weighted by atomic mass is 32.2. The molecule has 1 saturated carbocycles. The number of nitrogens with one attached hydrogen (secondary N) is 1. The zero-order valence-electron chi connectivity index (χ0n) is 12.6. The molecule has 0 heterocycles. The third-order valence-electron chi connectivity index (χ3n) is 4.03. The van der Waals surface area contributed by atoms with E-state index in [1.54, 1.807) is 7.05 Å². The Morgan fingerprint density at radius 2 is 2.10 bits per heavy atom. The van der Waals surface area contributed by atoms with Crippen LogP contribution in [-0.4, -0.2) is 32.4 Å². The van der Waals surface area contributed by atoms with Crippen LogP contribution in [0.3, 0.4) is 0 Å². The highest BCUT2D eigenvalue weighted by molar-refractivity contribution is 7.89. The Hall–Kier alpha value is -0.980. The summed E-state index contributed by atoms with van der Waals surface area (Å²) in [6.45, 7) is 3.15. The maximum Gasteiger partial charge on any atom is 0.243 e. The summed E-state index contributed by atoms with van der Waals surface area (Å²) in [7, 11) is -1.92. The lowest BCUT2D eigenvalue weighted by Crippen LogP contribution is -2.41. The van der Waals surface area contributed by atoms with Gasteiger partial charge in [-0.1, -0.05) is 13.3 Å². The zero-order chi connectivity index (χ0) is 15.5. The molecule has 0 aromatic heterocycles. The Bertz CT molecular complexity index is 585. The molecule has 0 atom stereocenters. The second-order valence-electron chi connectivity index (χ2n) is 5.54. The molecule has 1 fully saturated rings. The molecule has 1 aromatic rings. The fourth-order valence-corrected chi connectivity index (χ4v) is 3.83. The Morgan fingerprint density at radius 1 is 1.38 bits per heavy atom. The predicted molar refractivity (Wildman–Crippen MR) is 81.0 cm³/mol. The van der Waals surface area contributed by atoms with E-state index in [1.165, 1.54) is 22.5 Å². The smallest absolute Gasteiger partial charge is 0.243 e. The molecule has 0 unspecified atom stereocenters. The molecule has 21 heavy (non-hydrogen) atoms. The second-order valence-corrected chi connectivity index (χ2v) is 7.53. The molecule has 1 aliphatic carbocycles. The van der Waals surface area contributed by atoms with Crippen molar-refractivity contribution in [2.24, 2.45) is 0 Å². The summed E-state index contributed by atoms with van der Waals surface area (Å²) in [5.41, 5.74) is 0.395. The van der Waals surface area contributed by atoms with Crippen molar-refractivity contribution in [1.82, 2.24) is 9.62 Å². The molecule has 1 aliphatic rings. The highest BCUT2D eigenvalue weighted by Crippen LogP contribution is 2.29. The van der Waals surface area contributed by atoms with Crippen LogP contribution in [0.4, 0.5) is 4.39 Å². The van der Waals surface area contributed by atoms with Gasteiger partial charge in [-0.05, 0) is 44.0 Å². The Morgan fingerprint density at radius 3 is 2.67 bits per heavy atom. The van der Waals surface area contributed by atoms with Crippen LogP contribution < -0.4 is 5.32 Å². The molecule has 1 aromatic carbocycles. The van der Waals surface area contributed by atoms with Gasteiger partial charge in [0.15, 0.2) is 0 Å². The Kier molecular flexibility index (Phi) is 5.35. The van der Waals surface area contributed by atoms with E-state index in [0.29, 0.717) is 12.1 Å². The molecule has 2 rings (SSSR count). The minimum Gasteiger partial charge on any atom is -0.313 e. The maximum absolute atomic E-state index is 13.8. The summed E-state index contributed by atoms with van der Waals surface area (Å²) in [4.78, 5) is 0.173. The molecule has 0 bridgehead atoms. The fraction of sp³-hybridized carbons (Fsp3) is 0.600. The summed E-state index contributed by atoms with van der Waals surface area (Å²) in [6, 6.07) is 4.12. The quantitative estimate of drug-likeness (QED) is 0.787. The van der Waals surface area contributed by atoms with Crippen LogP contribution in [0.1, 0.15) is 38.2 Å².